The Bertz CT molecular complexity index is 2990. The Morgan fingerprint density at radius 2 is 1.15 bits per heavy atom. The monoisotopic (exact) mass is 913 g/mol. The van der Waals surface area contributed by atoms with E-state index in [-0.39, 0.29) is 23.7 Å². The Morgan fingerprint density at radius 3 is 1.65 bits per heavy atom. The van der Waals surface area contributed by atoms with E-state index >= 15 is 4.39 Å². The van der Waals surface area contributed by atoms with Gasteiger partial charge in [-0.05, 0) is 78.4 Å². The molecule has 2 fully saturated rings. The van der Waals surface area contributed by atoms with Crippen molar-refractivity contribution in [2.45, 2.75) is 61.2 Å². The minimum atomic E-state index is -1.75. The van der Waals surface area contributed by atoms with Crippen LogP contribution in [-0.2, 0) is 30.1 Å². The molecule has 0 bridgehead atoms. The van der Waals surface area contributed by atoms with Crippen LogP contribution in [0.4, 0.5) is 10.3 Å². The van der Waals surface area contributed by atoms with Crippen LogP contribution in [0.5, 0.6) is 11.5 Å². The Hall–Kier alpha value is -7.16. The van der Waals surface area contributed by atoms with Crippen LogP contribution < -0.4 is 20.3 Å². The number of imidazole rings is 1. The highest BCUT2D eigenvalue weighted by molar-refractivity contribution is 5.72. The summed E-state index contributed by atoms with van der Waals surface area (Å²) in [5, 5.41) is 3.67. The standard InChI is InChI=1S/C55H52FN5O7/c1-51(2)66-48-52(3,68-51)49(67-53(48,34-56)35-65-55(40-22-14-8-15-23-40,41-24-16-9-17-25-41)42-28-32-44(64-5)33-29-42)61-36-57-45-46(61)58-50(59-47(45)62)60-54(37-18-10-6-11-19-37,38-20-12-7-13-21-38)39-26-30-43(63-4)31-27-39/h6-33,36,48-49H,34-35H2,1-5H3,(H2,58,59,60,62)/t48-,49+,52+,53+/m0/s1. The van der Waals surface area contributed by atoms with E-state index in [2.05, 4.69) is 15.3 Å². The molecular weight excluding hydrogens is 862 g/mol. The summed E-state index contributed by atoms with van der Waals surface area (Å²) in [6.07, 6.45) is -0.649. The van der Waals surface area contributed by atoms with Gasteiger partial charge < -0.3 is 33.7 Å². The van der Waals surface area contributed by atoms with Gasteiger partial charge in [0.15, 0.2) is 28.8 Å². The average Bonchev–Trinajstić information content (AvgIpc) is 3.99. The number of halogens is 1. The molecule has 0 spiro atoms. The lowest BCUT2D eigenvalue weighted by Crippen LogP contribution is -2.53. The van der Waals surface area contributed by atoms with E-state index in [9.17, 15) is 4.79 Å². The van der Waals surface area contributed by atoms with Crippen LogP contribution in [-0.4, -0.2) is 70.1 Å². The molecule has 10 rings (SSSR count). The number of rotatable bonds is 15. The molecule has 0 aliphatic carbocycles. The first kappa shape index (κ1) is 44.7. The molecule has 2 aliphatic heterocycles. The zero-order valence-corrected chi connectivity index (χ0v) is 38.4. The summed E-state index contributed by atoms with van der Waals surface area (Å²) >= 11 is 0. The Balaban J connectivity index is 1.10. The average molecular weight is 914 g/mol. The van der Waals surface area contributed by atoms with E-state index in [4.69, 9.17) is 33.4 Å². The van der Waals surface area contributed by atoms with Gasteiger partial charge >= 0.3 is 0 Å². The molecule has 0 radical (unpaired) electrons. The number of methoxy groups -OCH3 is 2. The summed E-state index contributed by atoms with van der Waals surface area (Å²) in [5.74, 6) is 0.328. The van der Waals surface area contributed by atoms with Crippen molar-refractivity contribution < 1.29 is 32.8 Å². The van der Waals surface area contributed by atoms with E-state index in [1.807, 2.05) is 177 Å². The summed E-state index contributed by atoms with van der Waals surface area (Å²) in [4.78, 5) is 26.9. The second-order valence-electron chi connectivity index (χ2n) is 17.9. The van der Waals surface area contributed by atoms with Gasteiger partial charge in [-0.3, -0.25) is 14.3 Å². The van der Waals surface area contributed by atoms with E-state index in [1.54, 1.807) is 32.6 Å². The number of fused-ring (bicyclic) bond motifs is 2. The maximum absolute atomic E-state index is 16.6. The lowest BCUT2D eigenvalue weighted by molar-refractivity contribution is -0.247. The molecule has 2 saturated heterocycles. The molecule has 6 aromatic carbocycles. The topological polar surface area (TPSA) is 131 Å². The molecule has 8 aromatic rings. The maximum atomic E-state index is 16.6. The lowest BCUT2D eigenvalue weighted by atomic mass is 9.77. The quantitative estimate of drug-likeness (QED) is 0.0959. The fourth-order valence-corrected chi connectivity index (χ4v) is 10.2. The number of nitrogens with zero attached hydrogens (tertiary/aromatic N) is 3. The van der Waals surface area contributed by atoms with Crippen molar-refractivity contribution in [1.29, 1.82) is 0 Å². The molecule has 2 N–H and O–H groups in total. The molecule has 346 valence electrons. The molecule has 0 saturated carbocycles. The van der Waals surface area contributed by atoms with Crippen molar-refractivity contribution in [2.24, 2.45) is 0 Å². The molecule has 68 heavy (non-hydrogen) atoms. The molecule has 13 heteroatoms. The van der Waals surface area contributed by atoms with Gasteiger partial charge in [0.05, 0.1) is 27.2 Å². The molecule has 0 amide bonds. The van der Waals surface area contributed by atoms with Gasteiger partial charge in [-0.15, -0.1) is 0 Å². The van der Waals surface area contributed by atoms with Crippen LogP contribution in [0.2, 0.25) is 0 Å². The summed E-state index contributed by atoms with van der Waals surface area (Å²) in [5.41, 5.74) is -0.694. The number of anilines is 1. The summed E-state index contributed by atoms with van der Waals surface area (Å²) in [6.45, 7) is 4.10. The number of H-pyrrole nitrogens is 1. The number of aromatic nitrogens is 4. The number of aromatic amines is 1. The number of benzene rings is 6. The third kappa shape index (κ3) is 7.42. The number of hydrogen-bond donors (Lipinski definition) is 2. The van der Waals surface area contributed by atoms with Crippen LogP contribution in [0.25, 0.3) is 11.2 Å². The van der Waals surface area contributed by atoms with Gasteiger partial charge in [-0.25, -0.2) is 9.37 Å². The second-order valence-corrected chi connectivity index (χ2v) is 17.9. The molecule has 2 aliphatic rings. The SMILES string of the molecule is COc1ccc(C(Nc2nc3c(ncn3[C@@H]3O[C@](CF)(COC(c4ccccc4)(c4ccccc4)c4ccc(OC)cc4)[C@H]4OC(C)(C)O[C@]43C)c(=O)[nH]2)(c2ccccc2)c2ccccc2)cc1. The van der Waals surface area contributed by atoms with Crippen LogP contribution in [0.15, 0.2) is 181 Å². The Labute approximate surface area is 393 Å². The first-order chi connectivity index (χ1) is 33.0. The number of nitrogens with one attached hydrogen (secondary N) is 2. The van der Waals surface area contributed by atoms with Gasteiger partial charge in [0.25, 0.3) is 5.56 Å². The Morgan fingerprint density at radius 1 is 0.676 bits per heavy atom. The van der Waals surface area contributed by atoms with Gasteiger partial charge in [0.2, 0.25) is 5.95 Å². The van der Waals surface area contributed by atoms with Crippen LogP contribution in [0, 0.1) is 0 Å². The minimum Gasteiger partial charge on any atom is -0.497 e. The van der Waals surface area contributed by atoms with E-state index in [0.29, 0.717) is 11.5 Å². The zero-order chi connectivity index (χ0) is 47.2. The largest absolute Gasteiger partial charge is 0.497 e. The number of hydrogen-bond acceptors (Lipinski definition) is 10. The summed E-state index contributed by atoms with van der Waals surface area (Å²) in [7, 11) is 3.24. The fraction of sp³-hybridized carbons (Fsp3) is 0.255. The van der Waals surface area contributed by atoms with Crippen LogP contribution in [0.1, 0.15) is 60.4 Å². The Kier molecular flexibility index (Phi) is 11.5. The molecule has 0 unspecified atom stereocenters. The normalized spacial score (nSPS) is 21.1. The van der Waals surface area contributed by atoms with Crippen molar-refractivity contribution in [1.82, 2.24) is 19.5 Å². The lowest BCUT2D eigenvalue weighted by Gasteiger charge is -2.40. The maximum Gasteiger partial charge on any atom is 0.280 e. The van der Waals surface area contributed by atoms with Gasteiger partial charge in [0.1, 0.15) is 41.0 Å². The van der Waals surface area contributed by atoms with Crippen molar-refractivity contribution in [3.63, 3.8) is 0 Å². The van der Waals surface area contributed by atoms with Crippen molar-refractivity contribution in [3.05, 3.63) is 220 Å². The number of alkyl halides is 1. The first-order valence-corrected chi connectivity index (χ1v) is 22.5. The summed E-state index contributed by atoms with van der Waals surface area (Å²) in [6, 6.07) is 54.9. The zero-order valence-electron chi connectivity index (χ0n) is 38.4. The predicted octanol–water partition coefficient (Wildman–Crippen LogP) is 9.70. The molecule has 4 heterocycles. The van der Waals surface area contributed by atoms with Crippen molar-refractivity contribution in [3.8, 4) is 11.5 Å². The van der Waals surface area contributed by atoms with Crippen molar-refractivity contribution in [2.75, 3.05) is 32.8 Å². The van der Waals surface area contributed by atoms with Crippen LogP contribution in [0.3, 0.4) is 0 Å². The van der Waals surface area contributed by atoms with E-state index < -0.39 is 52.7 Å². The fourth-order valence-electron chi connectivity index (χ4n) is 10.2. The highest BCUT2D eigenvalue weighted by Crippen LogP contribution is 2.56. The molecule has 4 atom stereocenters. The summed E-state index contributed by atoms with van der Waals surface area (Å²) < 4.78 is 57.1. The first-order valence-electron chi connectivity index (χ1n) is 22.5. The molecular formula is C55H52FN5O7. The highest BCUT2D eigenvalue weighted by atomic mass is 19.1. The predicted molar refractivity (Wildman–Crippen MR) is 257 cm³/mol. The van der Waals surface area contributed by atoms with E-state index in [1.165, 1.54) is 6.33 Å². The minimum absolute atomic E-state index is 0.0487. The van der Waals surface area contributed by atoms with Gasteiger partial charge in [-0.2, -0.15) is 4.98 Å². The second kappa shape index (κ2) is 17.5. The third-order valence-electron chi connectivity index (χ3n) is 13.2. The van der Waals surface area contributed by atoms with Crippen LogP contribution >= 0.6 is 0 Å². The van der Waals surface area contributed by atoms with E-state index in [0.717, 1.165) is 33.4 Å². The molecule has 2 aromatic heterocycles. The molecule has 12 nitrogen and oxygen atoms in total. The van der Waals surface area contributed by atoms with Gasteiger partial charge in [-0.1, -0.05) is 146 Å². The number of ether oxygens (including phenoxy) is 6. The third-order valence-corrected chi connectivity index (χ3v) is 13.2. The van der Waals surface area contributed by atoms with Gasteiger partial charge in [0, 0.05) is 0 Å². The highest BCUT2D eigenvalue weighted by Gasteiger charge is 2.71. The smallest absolute Gasteiger partial charge is 0.280 e. The van der Waals surface area contributed by atoms with Crippen molar-refractivity contribution >= 4 is 17.1 Å².